The first-order chi connectivity index (χ1) is 12.6. The molecule has 4 heteroatoms. The minimum absolute atomic E-state index is 0.110. The molecule has 0 N–H and O–H groups in total. The van der Waals surface area contributed by atoms with Crippen LogP contribution in [-0.4, -0.2) is 36.9 Å². The molecular formula is C22H23N3O. The number of ketones is 1. The molecule has 1 aliphatic rings. The van der Waals surface area contributed by atoms with Gasteiger partial charge in [0.15, 0.2) is 5.78 Å². The molecule has 1 saturated heterocycles. The van der Waals surface area contributed by atoms with E-state index in [4.69, 9.17) is 4.98 Å². The second-order valence-corrected chi connectivity index (χ2v) is 6.89. The average molecular weight is 345 g/mol. The predicted molar refractivity (Wildman–Crippen MR) is 107 cm³/mol. The normalized spacial score (nSPS) is 14.7. The molecule has 1 aliphatic heterocycles. The Bertz CT molecular complexity index is 941. The molecule has 0 unspecified atom stereocenters. The molecule has 0 aliphatic carbocycles. The smallest absolute Gasteiger partial charge is 0.159 e. The minimum Gasteiger partial charge on any atom is -0.368 e. The molecule has 2 heterocycles. The zero-order chi connectivity index (χ0) is 18.1. The van der Waals surface area contributed by atoms with Crippen LogP contribution in [0.2, 0.25) is 0 Å². The van der Waals surface area contributed by atoms with Gasteiger partial charge in [0.1, 0.15) is 5.82 Å². The summed E-state index contributed by atoms with van der Waals surface area (Å²) < 4.78 is 0. The van der Waals surface area contributed by atoms with Gasteiger partial charge in [-0.3, -0.25) is 4.79 Å². The van der Waals surface area contributed by atoms with Gasteiger partial charge in [0, 0.05) is 42.8 Å². The van der Waals surface area contributed by atoms with Gasteiger partial charge in [-0.25, -0.2) is 4.98 Å². The predicted octanol–water partition coefficient (Wildman–Crippen LogP) is 4.07. The van der Waals surface area contributed by atoms with E-state index in [-0.39, 0.29) is 5.78 Å². The van der Waals surface area contributed by atoms with Crippen molar-refractivity contribution in [2.24, 2.45) is 0 Å². The first kappa shape index (κ1) is 16.6. The van der Waals surface area contributed by atoms with Crippen molar-refractivity contribution >= 4 is 28.2 Å². The fraction of sp³-hybridized carbons (Fsp3) is 0.273. The van der Waals surface area contributed by atoms with Crippen LogP contribution in [0.4, 0.5) is 11.5 Å². The lowest BCUT2D eigenvalue weighted by atomic mass is 10.1. The van der Waals surface area contributed by atoms with Gasteiger partial charge in [-0.1, -0.05) is 18.2 Å². The molecule has 3 aromatic rings. The molecule has 4 rings (SSSR count). The molecule has 1 aromatic heterocycles. The maximum Gasteiger partial charge on any atom is 0.159 e. The number of carbonyl (C=O) groups excluding carboxylic acids is 1. The van der Waals surface area contributed by atoms with Crippen molar-refractivity contribution in [1.29, 1.82) is 0 Å². The summed E-state index contributed by atoms with van der Waals surface area (Å²) >= 11 is 0. The second-order valence-electron chi connectivity index (χ2n) is 6.89. The van der Waals surface area contributed by atoms with Gasteiger partial charge < -0.3 is 9.80 Å². The van der Waals surface area contributed by atoms with Crippen LogP contribution in [-0.2, 0) is 0 Å². The Morgan fingerprint density at radius 1 is 0.923 bits per heavy atom. The number of nitrogens with zero attached hydrogens (tertiary/aromatic N) is 3. The third-order valence-corrected chi connectivity index (χ3v) is 5.15. The van der Waals surface area contributed by atoms with E-state index in [1.54, 1.807) is 6.92 Å². The number of para-hydroxylation sites is 1. The molecule has 0 bridgehead atoms. The number of benzene rings is 2. The number of piperazine rings is 1. The van der Waals surface area contributed by atoms with Crippen LogP contribution in [0.1, 0.15) is 22.8 Å². The van der Waals surface area contributed by atoms with E-state index >= 15 is 0 Å². The number of fused-ring (bicyclic) bond motifs is 1. The SMILES string of the molecule is CC(=O)c1ccc(N2CCN(c3cc(C)c4ccccc4n3)CC2)cc1. The quantitative estimate of drug-likeness (QED) is 0.671. The monoisotopic (exact) mass is 345 g/mol. The molecule has 0 spiro atoms. The van der Waals surface area contributed by atoms with E-state index < -0.39 is 0 Å². The third kappa shape index (κ3) is 3.15. The summed E-state index contributed by atoms with van der Waals surface area (Å²) in [4.78, 5) is 21.0. The fourth-order valence-corrected chi connectivity index (χ4v) is 3.59. The molecule has 0 amide bonds. The summed E-state index contributed by atoms with van der Waals surface area (Å²) in [5.41, 5.74) is 4.28. The molecule has 0 radical (unpaired) electrons. The number of rotatable bonds is 3. The molecule has 1 fully saturated rings. The Morgan fingerprint density at radius 3 is 2.27 bits per heavy atom. The van der Waals surface area contributed by atoms with E-state index in [9.17, 15) is 4.79 Å². The highest BCUT2D eigenvalue weighted by atomic mass is 16.1. The largest absolute Gasteiger partial charge is 0.368 e. The number of hydrogen-bond donors (Lipinski definition) is 0. The van der Waals surface area contributed by atoms with Crippen LogP contribution in [0.5, 0.6) is 0 Å². The molecule has 2 aromatic carbocycles. The van der Waals surface area contributed by atoms with Crippen molar-refractivity contribution < 1.29 is 4.79 Å². The maximum absolute atomic E-state index is 11.4. The molecule has 0 atom stereocenters. The number of pyridine rings is 1. The highest BCUT2D eigenvalue weighted by Crippen LogP contribution is 2.24. The van der Waals surface area contributed by atoms with Crippen LogP contribution in [0.25, 0.3) is 10.9 Å². The number of Topliss-reactive ketones (excluding diaryl/α,β-unsaturated/α-hetero) is 1. The Labute approximate surface area is 154 Å². The summed E-state index contributed by atoms with van der Waals surface area (Å²) in [6.45, 7) is 7.55. The average Bonchev–Trinajstić information content (AvgIpc) is 2.68. The van der Waals surface area contributed by atoms with E-state index in [1.807, 2.05) is 30.3 Å². The summed E-state index contributed by atoms with van der Waals surface area (Å²) in [5.74, 6) is 1.17. The number of carbonyl (C=O) groups is 1. The van der Waals surface area contributed by atoms with Crippen LogP contribution in [0.3, 0.4) is 0 Å². The molecule has 26 heavy (non-hydrogen) atoms. The summed E-state index contributed by atoms with van der Waals surface area (Å²) in [6.07, 6.45) is 0. The Hall–Kier alpha value is -2.88. The van der Waals surface area contributed by atoms with Crippen molar-refractivity contribution in [3.8, 4) is 0 Å². The van der Waals surface area contributed by atoms with Gasteiger partial charge >= 0.3 is 0 Å². The highest BCUT2D eigenvalue weighted by Gasteiger charge is 2.19. The zero-order valence-corrected chi connectivity index (χ0v) is 15.3. The van der Waals surface area contributed by atoms with Crippen LogP contribution in [0.15, 0.2) is 54.6 Å². The summed E-state index contributed by atoms with van der Waals surface area (Å²) in [6, 6.07) is 18.4. The third-order valence-electron chi connectivity index (χ3n) is 5.15. The first-order valence-electron chi connectivity index (χ1n) is 9.09. The molecule has 132 valence electrons. The Morgan fingerprint density at radius 2 is 1.58 bits per heavy atom. The van der Waals surface area contributed by atoms with Crippen molar-refractivity contribution in [2.45, 2.75) is 13.8 Å². The summed E-state index contributed by atoms with van der Waals surface area (Å²) in [7, 11) is 0. The summed E-state index contributed by atoms with van der Waals surface area (Å²) in [5, 5.41) is 1.22. The van der Waals surface area contributed by atoms with Crippen molar-refractivity contribution in [2.75, 3.05) is 36.0 Å². The minimum atomic E-state index is 0.110. The van der Waals surface area contributed by atoms with Crippen molar-refractivity contribution in [1.82, 2.24) is 4.98 Å². The van der Waals surface area contributed by atoms with Gasteiger partial charge in [-0.15, -0.1) is 0 Å². The number of aryl methyl sites for hydroxylation is 1. The fourth-order valence-electron chi connectivity index (χ4n) is 3.59. The number of aromatic nitrogens is 1. The van der Waals surface area contributed by atoms with E-state index in [2.05, 4.69) is 41.0 Å². The maximum atomic E-state index is 11.4. The van der Waals surface area contributed by atoms with Gasteiger partial charge in [0.25, 0.3) is 0 Å². The van der Waals surface area contributed by atoms with Gasteiger partial charge in [0.05, 0.1) is 5.52 Å². The zero-order valence-electron chi connectivity index (χ0n) is 15.3. The van der Waals surface area contributed by atoms with Gasteiger partial charge in [-0.05, 0) is 55.8 Å². The lowest BCUT2D eigenvalue weighted by Crippen LogP contribution is -2.46. The molecule has 4 nitrogen and oxygen atoms in total. The molecular weight excluding hydrogens is 322 g/mol. The van der Waals surface area contributed by atoms with Crippen molar-refractivity contribution in [3.63, 3.8) is 0 Å². The second kappa shape index (κ2) is 6.79. The van der Waals surface area contributed by atoms with E-state index in [0.717, 1.165) is 43.1 Å². The lowest BCUT2D eigenvalue weighted by Gasteiger charge is -2.37. The van der Waals surface area contributed by atoms with Crippen molar-refractivity contribution in [3.05, 3.63) is 65.7 Å². The highest BCUT2D eigenvalue weighted by molar-refractivity contribution is 5.94. The molecule has 0 saturated carbocycles. The van der Waals surface area contributed by atoms with Gasteiger partial charge in [0.2, 0.25) is 0 Å². The van der Waals surface area contributed by atoms with E-state index in [0.29, 0.717) is 0 Å². The van der Waals surface area contributed by atoms with E-state index in [1.165, 1.54) is 16.6 Å². The van der Waals surface area contributed by atoms with Crippen LogP contribution in [0, 0.1) is 6.92 Å². The topological polar surface area (TPSA) is 36.4 Å². The Balaban J connectivity index is 1.49. The first-order valence-corrected chi connectivity index (χ1v) is 9.09. The van der Waals surface area contributed by atoms with Crippen LogP contribution < -0.4 is 9.80 Å². The lowest BCUT2D eigenvalue weighted by molar-refractivity contribution is 0.101. The van der Waals surface area contributed by atoms with Gasteiger partial charge in [-0.2, -0.15) is 0 Å². The number of anilines is 2. The number of hydrogen-bond acceptors (Lipinski definition) is 4. The van der Waals surface area contributed by atoms with Crippen LogP contribution >= 0.6 is 0 Å². The Kier molecular flexibility index (Phi) is 4.33. The standard InChI is InChI=1S/C22H23N3O/c1-16-15-22(23-21-6-4-3-5-20(16)21)25-13-11-24(12-14-25)19-9-7-18(8-10-19)17(2)26/h3-10,15H,11-14H2,1-2H3.